The van der Waals surface area contributed by atoms with E-state index in [4.69, 9.17) is 19.6 Å². The Labute approximate surface area is 76.7 Å². The molecule has 13 heavy (non-hydrogen) atoms. The van der Waals surface area contributed by atoms with Crippen LogP contribution in [0.4, 0.5) is 0 Å². The van der Waals surface area contributed by atoms with Crippen LogP contribution in [0.3, 0.4) is 0 Å². The van der Waals surface area contributed by atoms with E-state index in [1.54, 1.807) is 6.92 Å². The molecule has 0 aliphatic carbocycles. The second-order valence-corrected chi connectivity index (χ2v) is 3.99. The van der Waals surface area contributed by atoms with Crippen molar-refractivity contribution >= 4 is 7.82 Å². The molecule has 0 rings (SSSR count). The summed E-state index contributed by atoms with van der Waals surface area (Å²) in [5.74, 6) is 0. The predicted molar refractivity (Wildman–Crippen MR) is 45.1 cm³/mol. The summed E-state index contributed by atoms with van der Waals surface area (Å²) in [6.45, 7) is 3.18. The molecule has 0 amide bonds. The monoisotopic (exact) mass is 214 g/mol. The molecule has 0 aromatic carbocycles. The average Bonchev–Trinajstić information content (AvgIpc) is 1.81. The number of phosphoric acid groups is 1. The number of aliphatic hydroxyl groups excluding tert-OH is 1. The third-order valence-corrected chi connectivity index (χ3v) is 1.66. The summed E-state index contributed by atoms with van der Waals surface area (Å²) in [7, 11) is -4.43. The quantitative estimate of drug-likeness (QED) is 0.533. The Morgan fingerprint density at radius 1 is 1.31 bits per heavy atom. The summed E-state index contributed by atoms with van der Waals surface area (Å²) in [6, 6.07) is 0. The molecule has 0 bridgehead atoms. The first-order chi connectivity index (χ1) is 5.81. The normalized spacial score (nSPS) is 17.0. The zero-order chi connectivity index (χ0) is 10.5. The Kier molecular flexibility index (Phi) is 5.71. The van der Waals surface area contributed by atoms with Crippen LogP contribution in [0.2, 0.25) is 0 Å². The maximum absolute atomic E-state index is 10.3. The number of phosphoric ester groups is 1. The van der Waals surface area contributed by atoms with Gasteiger partial charge in [-0.1, -0.05) is 0 Å². The Balaban J connectivity index is 3.52. The van der Waals surface area contributed by atoms with Crippen molar-refractivity contribution < 1.29 is 28.7 Å². The first-order valence-corrected chi connectivity index (χ1v) is 5.34. The van der Waals surface area contributed by atoms with Gasteiger partial charge in [-0.15, -0.1) is 0 Å². The summed E-state index contributed by atoms with van der Waals surface area (Å²) in [5, 5.41) is 8.78. The molecule has 80 valence electrons. The molecule has 0 fully saturated rings. The highest BCUT2D eigenvalue weighted by Crippen LogP contribution is 2.37. The lowest BCUT2D eigenvalue weighted by Crippen LogP contribution is -2.19. The maximum Gasteiger partial charge on any atom is 0.469 e. The van der Waals surface area contributed by atoms with Crippen molar-refractivity contribution in [1.29, 1.82) is 0 Å². The maximum atomic E-state index is 10.3. The first-order valence-electron chi connectivity index (χ1n) is 3.81. The van der Waals surface area contributed by atoms with Gasteiger partial charge < -0.3 is 19.6 Å². The van der Waals surface area contributed by atoms with E-state index >= 15 is 0 Å². The summed E-state index contributed by atoms with van der Waals surface area (Å²) in [6.07, 6.45) is -1.29. The van der Waals surface area contributed by atoms with E-state index in [0.29, 0.717) is 0 Å². The fraction of sp³-hybridized carbons (Fsp3) is 1.00. The molecule has 3 N–H and O–H groups in total. The number of rotatable bonds is 6. The van der Waals surface area contributed by atoms with Gasteiger partial charge in [0, 0.05) is 0 Å². The molecule has 0 spiro atoms. The van der Waals surface area contributed by atoms with Crippen LogP contribution in [0.5, 0.6) is 0 Å². The lowest BCUT2D eigenvalue weighted by atomic mass is 10.4. The molecule has 7 heteroatoms. The Hall–Kier alpha value is 0.0300. The van der Waals surface area contributed by atoms with E-state index in [9.17, 15) is 4.57 Å². The van der Waals surface area contributed by atoms with Gasteiger partial charge in [0.25, 0.3) is 0 Å². The first kappa shape index (κ1) is 13.0. The molecular formula is C6H15O6P. The molecule has 0 aromatic rings. The minimum Gasteiger partial charge on any atom is -0.391 e. The topological polar surface area (TPSA) is 96.2 Å². The fourth-order valence-electron chi connectivity index (χ4n) is 0.669. The van der Waals surface area contributed by atoms with Gasteiger partial charge >= 0.3 is 7.82 Å². The molecule has 0 radical (unpaired) electrons. The smallest absolute Gasteiger partial charge is 0.391 e. The second-order valence-electron chi connectivity index (χ2n) is 2.79. The van der Waals surface area contributed by atoms with Crippen molar-refractivity contribution in [3.05, 3.63) is 0 Å². The van der Waals surface area contributed by atoms with Crippen molar-refractivity contribution in [2.45, 2.75) is 26.1 Å². The summed E-state index contributed by atoms with van der Waals surface area (Å²) in [4.78, 5) is 16.8. The van der Waals surface area contributed by atoms with Gasteiger partial charge in [0.15, 0.2) is 0 Å². The zero-order valence-electron chi connectivity index (χ0n) is 7.58. The van der Waals surface area contributed by atoms with Crippen molar-refractivity contribution in [1.82, 2.24) is 0 Å². The van der Waals surface area contributed by atoms with Crippen LogP contribution >= 0.6 is 7.82 Å². The second kappa shape index (κ2) is 5.70. The molecular weight excluding hydrogens is 199 g/mol. The number of hydrogen-bond acceptors (Lipinski definition) is 4. The summed E-state index contributed by atoms with van der Waals surface area (Å²) in [5.41, 5.74) is 0. The van der Waals surface area contributed by atoms with E-state index in [1.807, 2.05) is 0 Å². The van der Waals surface area contributed by atoms with E-state index < -0.39 is 20.0 Å². The molecule has 0 saturated carbocycles. The van der Waals surface area contributed by atoms with E-state index in [0.717, 1.165) is 0 Å². The minimum atomic E-state index is -4.43. The third-order valence-electron chi connectivity index (χ3n) is 1.03. The van der Waals surface area contributed by atoms with Gasteiger partial charge in [0.2, 0.25) is 0 Å². The van der Waals surface area contributed by atoms with Crippen LogP contribution in [-0.4, -0.2) is 40.3 Å². The van der Waals surface area contributed by atoms with Gasteiger partial charge in [0.05, 0.1) is 25.4 Å². The van der Waals surface area contributed by atoms with Gasteiger partial charge in [-0.3, -0.25) is 4.52 Å². The fourth-order valence-corrected chi connectivity index (χ4v) is 1.20. The highest BCUT2D eigenvalue weighted by atomic mass is 31.2. The largest absolute Gasteiger partial charge is 0.469 e. The van der Waals surface area contributed by atoms with E-state index in [-0.39, 0.29) is 13.2 Å². The molecule has 0 heterocycles. The van der Waals surface area contributed by atoms with Crippen LogP contribution in [0, 0.1) is 0 Å². The van der Waals surface area contributed by atoms with Gasteiger partial charge in [-0.05, 0) is 13.8 Å². The standard InChI is InChI=1S/C6H15O6P/c1-5(7)3-11-4-6(2)12-13(8,9)10/h5-7H,3-4H2,1-2H3,(H2,8,9,10). The van der Waals surface area contributed by atoms with Crippen LogP contribution in [0.25, 0.3) is 0 Å². The molecule has 0 saturated heterocycles. The van der Waals surface area contributed by atoms with Crippen molar-refractivity contribution in [3.63, 3.8) is 0 Å². The van der Waals surface area contributed by atoms with Gasteiger partial charge in [-0.2, -0.15) is 0 Å². The Morgan fingerprint density at radius 2 is 1.85 bits per heavy atom. The molecule has 2 unspecified atom stereocenters. The Morgan fingerprint density at radius 3 is 2.23 bits per heavy atom. The predicted octanol–water partition coefficient (Wildman–Crippen LogP) is -0.118. The van der Waals surface area contributed by atoms with Gasteiger partial charge in [0.1, 0.15) is 0 Å². The average molecular weight is 214 g/mol. The van der Waals surface area contributed by atoms with Crippen molar-refractivity contribution in [3.8, 4) is 0 Å². The zero-order valence-corrected chi connectivity index (χ0v) is 8.48. The Bertz CT molecular complexity index is 176. The minimum absolute atomic E-state index is 0.0377. The molecule has 0 aliphatic rings. The summed E-state index contributed by atoms with van der Waals surface area (Å²) < 4.78 is 19.5. The summed E-state index contributed by atoms with van der Waals surface area (Å²) >= 11 is 0. The molecule has 2 atom stereocenters. The lowest BCUT2D eigenvalue weighted by molar-refractivity contribution is 0.00353. The van der Waals surface area contributed by atoms with Crippen LogP contribution in [-0.2, 0) is 13.8 Å². The van der Waals surface area contributed by atoms with Gasteiger partial charge in [-0.25, -0.2) is 4.57 Å². The molecule has 6 nitrogen and oxygen atoms in total. The molecule has 0 aliphatic heterocycles. The SMILES string of the molecule is CC(O)COCC(C)OP(=O)(O)O. The number of ether oxygens (including phenoxy) is 1. The number of hydrogen-bond donors (Lipinski definition) is 3. The third kappa shape index (κ3) is 9.95. The molecule has 0 aromatic heterocycles. The lowest BCUT2D eigenvalue weighted by Gasteiger charge is -2.14. The van der Waals surface area contributed by atoms with Crippen LogP contribution in [0.1, 0.15) is 13.8 Å². The highest BCUT2D eigenvalue weighted by Gasteiger charge is 2.18. The van der Waals surface area contributed by atoms with E-state index in [2.05, 4.69) is 4.52 Å². The van der Waals surface area contributed by atoms with Crippen LogP contribution < -0.4 is 0 Å². The highest BCUT2D eigenvalue weighted by molar-refractivity contribution is 7.46. The van der Waals surface area contributed by atoms with Crippen molar-refractivity contribution in [2.75, 3.05) is 13.2 Å². The van der Waals surface area contributed by atoms with Crippen LogP contribution in [0.15, 0.2) is 0 Å². The van der Waals surface area contributed by atoms with E-state index in [1.165, 1.54) is 6.92 Å². The number of aliphatic hydroxyl groups is 1. The van der Waals surface area contributed by atoms with Crippen molar-refractivity contribution in [2.24, 2.45) is 0 Å².